The van der Waals surface area contributed by atoms with Crippen LogP contribution in [0.2, 0.25) is 0 Å². The van der Waals surface area contributed by atoms with E-state index in [0.717, 1.165) is 11.8 Å². The van der Waals surface area contributed by atoms with Crippen LogP contribution in [-0.4, -0.2) is 37.2 Å². The predicted molar refractivity (Wildman–Crippen MR) is 98.8 cm³/mol. The van der Waals surface area contributed by atoms with Crippen LogP contribution in [0.5, 0.6) is 5.75 Å². The molecule has 146 valence electrons. The first kappa shape index (κ1) is 20.3. The second kappa shape index (κ2) is 9.07. The number of amides is 3. The summed E-state index contributed by atoms with van der Waals surface area (Å²) in [4.78, 5) is 35.5. The molecule has 0 saturated carbocycles. The lowest BCUT2D eigenvalue weighted by atomic mass is 10.1. The topological polar surface area (TPSA) is 107 Å². The van der Waals surface area contributed by atoms with Gasteiger partial charge < -0.3 is 19.2 Å². The molecule has 0 bridgehead atoms. The lowest BCUT2D eigenvalue weighted by Crippen LogP contribution is -2.44. The number of hydrogen-bond donors (Lipinski definition) is 2. The zero-order valence-electron chi connectivity index (χ0n) is 15.9. The Morgan fingerprint density at radius 1 is 1.22 bits per heavy atom. The minimum Gasteiger partial charge on any atom is -0.494 e. The second-order valence-electron chi connectivity index (χ2n) is 6.05. The molecule has 8 heteroatoms. The third-order valence-corrected chi connectivity index (χ3v) is 3.98. The SMILES string of the molecule is CCOc1ccc2oc(C(=O)OCC(=O)NC(=O)N[C@H](C)CC)c(C)c2c1. The van der Waals surface area contributed by atoms with Crippen molar-refractivity contribution in [3.05, 3.63) is 29.5 Å². The Balaban J connectivity index is 1.98. The number of aryl methyl sites for hydroxylation is 1. The molecule has 1 aromatic carbocycles. The number of carbonyl (C=O) groups is 3. The molecule has 8 nitrogen and oxygen atoms in total. The van der Waals surface area contributed by atoms with Crippen LogP contribution in [0.1, 0.15) is 43.3 Å². The molecule has 0 aliphatic heterocycles. The Morgan fingerprint density at radius 2 is 1.96 bits per heavy atom. The van der Waals surface area contributed by atoms with Crippen LogP contribution in [0.3, 0.4) is 0 Å². The summed E-state index contributed by atoms with van der Waals surface area (Å²) in [7, 11) is 0. The monoisotopic (exact) mass is 376 g/mol. The molecule has 3 amide bonds. The molecule has 1 heterocycles. The number of esters is 1. The van der Waals surface area contributed by atoms with E-state index in [1.54, 1.807) is 25.1 Å². The van der Waals surface area contributed by atoms with Gasteiger partial charge in [0.15, 0.2) is 6.61 Å². The van der Waals surface area contributed by atoms with Gasteiger partial charge in [0.25, 0.3) is 5.91 Å². The minimum atomic E-state index is -0.779. The number of urea groups is 1. The number of rotatable bonds is 7. The molecule has 2 N–H and O–H groups in total. The van der Waals surface area contributed by atoms with E-state index in [4.69, 9.17) is 13.9 Å². The maximum Gasteiger partial charge on any atom is 0.375 e. The van der Waals surface area contributed by atoms with Crippen molar-refractivity contribution in [1.29, 1.82) is 0 Å². The first-order chi connectivity index (χ1) is 12.8. The smallest absolute Gasteiger partial charge is 0.375 e. The molecule has 2 rings (SSSR count). The average molecular weight is 376 g/mol. The zero-order chi connectivity index (χ0) is 20.0. The summed E-state index contributed by atoms with van der Waals surface area (Å²) in [5, 5.41) is 5.41. The number of hydrogen-bond acceptors (Lipinski definition) is 6. The van der Waals surface area contributed by atoms with Crippen molar-refractivity contribution < 1.29 is 28.3 Å². The molecule has 0 radical (unpaired) electrons. The summed E-state index contributed by atoms with van der Waals surface area (Å²) < 4.78 is 15.9. The summed E-state index contributed by atoms with van der Waals surface area (Å²) >= 11 is 0. The molecule has 0 aliphatic carbocycles. The van der Waals surface area contributed by atoms with Gasteiger partial charge in [0, 0.05) is 17.0 Å². The third-order valence-electron chi connectivity index (χ3n) is 3.98. The van der Waals surface area contributed by atoms with Gasteiger partial charge in [0.1, 0.15) is 11.3 Å². The van der Waals surface area contributed by atoms with E-state index in [1.165, 1.54) is 0 Å². The first-order valence-electron chi connectivity index (χ1n) is 8.79. The second-order valence-corrected chi connectivity index (χ2v) is 6.05. The maximum atomic E-state index is 12.2. The molecular weight excluding hydrogens is 352 g/mol. The van der Waals surface area contributed by atoms with Gasteiger partial charge in [-0.3, -0.25) is 10.1 Å². The van der Waals surface area contributed by atoms with Crippen molar-refractivity contribution in [2.75, 3.05) is 13.2 Å². The fraction of sp³-hybridized carbons (Fsp3) is 0.421. The normalized spacial score (nSPS) is 11.7. The number of ether oxygens (including phenoxy) is 2. The van der Waals surface area contributed by atoms with Crippen LogP contribution in [-0.2, 0) is 9.53 Å². The lowest BCUT2D eigenvalue weighted by Gasteiger charge is -2.11. The van der Waals surface area contributed by atoms with E-state index >= 15 is 0 Å². The van der Waals surface area contributed by atoms with Crippen molar-refractivity contribution in [3.8, 4) is 5.75 Å². The largest absolute Gasteiger partial charge is 0.494 e. The zero-order valence-corrected chi connectivity index (χ0v) is 15.9. The van der Waals surface area contributed by atoms with Crippen LogP contribution in [0.15, 0.2) is 22.6 Å². The van der Waals surface area contributed by atoms with Gasteiger partial charge in [-0.15, -0.1) is 0 Å². The van der Waals surface area contributed by atoms with E-state index in [0.29, 0.717) is 23.5 Å². The van der Waals surface area contributed by atoms with Crippen LogP contribution in [0.25, 0.3) is 11.0 Å². The highest BCUT2D eigenvalue weighted by molar-refractivity contribution is 5.99. The highest BCUT2D eigenvalue weighted by Gasteiger charge is 2.21. The number of nitrogens with one attached hydrogen (secondary N) is 2. The van der Waals surface area contributed by atoms with Gasteiger partial charge in [-0.1, -0.05) is 6.92 Å². The number of carbonyl (C=O) groups excluding carboxylic acids is 3. The van der Waals surface area contributed by atoms with Crippen LogP contribution >= 0.6 is 0 Å². The molecule has 0 aliphatic rings. The Kier molecular flexibility index (Phi) is 6.81. The Hall–Kier alpha value is -3.03. The number of fused-ring (bicyclic) bond motifs is 1. The molecule has 0 fully saturated rings. The lowest BCUT2D eigenvalue weighted by molar-refractivity contribution is -0.123. The fourth-order valence-electron chi connectivity index (χ4n) is 2.37. The molecule has 1 atom stereocenters. The number of imide groups is 1. The van der Waals surface area contributed by atoms with Gasteiger partial charge in [-0.2, -0.15) is 0 Å². The van der Waals surface area contributed by atoms with Gasteiger partial charge in [-0.25, -0.2) is 9.59 Å². The van der Waals surface area contributed by atoms with Crippen LogP contribution < -0.4 is 15.4 Å². The maximum absolute atomic E-state index is 12.2. The Labute approximate surface area is 157 Å². The first-order valence-corrected chi connectivity index (χ1v) is 8.79. The van der Waals surface area contributed by atoms with Crippen molar-refractivity contribution in [1.82, 2.24) is 10.6 Å². The number of benzene rings is 1. The highest BCUT2D eigenvalue weighted by Crippen LogP contribution is 2.29. The van der Waals surface area contributed by atoms with Crippen molar-refractivity contribution >= 4 is 28.9 Å². The van der Waals surface area contributed by atoms with E-state index in [2.05, 4.69) is 10.6 Å². The van der Waals surface area contributed by atoms with E-state index in [9.17, 15) is 14.4 Å². The minimum absolute atomic E-state index is 0.00973. The van der Waals surface area contributed by atoms with Crippen LogP contribution in [0.4, 0.5) is 4.79 Å². The standard InChI is InChI=1S/C19H24N2O6/c1-5-11(3)20-19(24)21-16(22)10-26-18(23)17-12(4)14-9-13(25-6-2)7-8-15(14)27-17/h7-9,11H,5-6,10H2,1-4H3,(H2,20,21,22,24)/t11-/m1/s1. The van der Waals surface area contributed by atoms with E-state index in [-0.39, 0.29) is 11.8 Å². The quantitative estimate of drug-likeness (QED) is 0.720. The average Bonchev–Trinajstić information content (AvgIpc) is 2.96. The molecule has 1 aromatic heterocycles. The van der Waals surface area contributed by atoms with Crippen molar-refractivity contribution in [2.45, 2.75) is 40.2 Å². The summed E-state index contributed by atoms with van der Waals surface area (Å²) in [6.07, 6.45) is 0.729. The summed E-state index contributed by atoms with van der Waals surface area (Å²) in [5.41, 5.74) is 1.10. The molecular formula is C19H24N2O6. The number of furan rings is 1. The van der Waals surface area contributed by atoms with Gasteiger partial charge in [0.2, 0.25) is 5.76 Å². The Morgan fingerprint density at radius 3 is 2.63 bits per heavy atom. The molecule has 27 heavy (non-hydrogen) atoms. The Bertz CT molecular complexity index is 842. The van der Waals surface area contributed by atoms with Crippen LogP contribution in [0, 0.1) is 6.92 Å². The third kappa shape index (κ3) is 5.22. The van der Waals surface area contributed by atoms with Gasteiger partial charge >= 0.3 is 12.0 Å². The molecule has 0 unspecified atom stereocenters. The van der Waals surface area contributed by atoms with Gasteiger partial charge in [-0.05, 0) is 45.4 Å². The van der Waals surface area contributed by atoms with E-state index < -0.39 is 24.5 Å². The van der Waals surface area contributed by atoms with Crippen molar-refractivity contribution in [2.24, 2.45) is 0 Å². The molecule has 0 saturated heterocycles. The summed E-state index contributed by atoms with van der Waals surface area (Å²) in [6, 6.07) is 4.53. The fourth-order valence-corrected chi connectivity index (χ4v) is 2.37. The predicted octanol–water partition coefficient (Wildman–Crippen LogP) is 2.92. The molecule has 0 spiro atoms. The molecule has 2 aromatic rings. The summed E-state index contributed by atoms with van der Waals surface area (Å²) in [5.74, 6) is -0.827. The van der Waals surface area contributed by atoms with E-state index in [1.807, 2.05) is 20.8 Å². The van der Waals surface area contributed by atoms with Gasteiger partial charge in [0.05, 0.1) is 6.61 Å². The summed E-state index contributed by atoms with van der Waals surface area (Å²) in [6.45, 7) is 7.25. The van der Waals surface area contributed by atoms with Crippen molar-refractivity contribution in [3.63, 3.8) is 0 Å². The highest BCUT2D eigenvalue weighted by atomic mass is 16.5.